The average Bonchev–Trinajstić information content (AvgIpc) is 2.79. The SMILES string of the molecule is O=C1CC2CCCC(C1)N2CCc1ncno1. The lowest BCUT2D eigenvalue weighted by atomic mass is 9.83. The normalized spacial score (nSPS) is 29.5. The van der Waals surface area contributed by atoms with E-state index in [1.807, 2.05) is 0 Å². The average molecular weight is 235 g/mol. The monoisotopic (exact) mass is 235 g/mol. The molecule has 1 aromatic rings. The summed E-state index contributed by atoms with van der Waals surface area (Å²) in [7, 11) is 0. The van der Waals surface area contributed by atoms with Crippen molar-refractivity contribution in [2.24, 2.45) is 0 Å². The minimum atomic E-state index is 0.439. The van der Waals surface area contributed by atoms with Crippen molar-refractivity contribution >= 4 is 5.78 Å². The number of hydrogen-bond donors (Lipinski definition) is 0. The van der Waals surface area contributed by atoms with Gasteiger partial charge in [0, 0.05) is 37.9 Å². The molecule has 0 aliphatic carbocycles. The second kappa shape index (κ2) is 4.56. The van der Waals surface area contributed by atoms with Crippen molar-refractivity contribution in [3.05, 3.63) is 12.2 Å². The lowest BCUT2D eigenvalue weighted by Crippen LogP contribution is -2.52. The van der Waals surface area contributed by atoms with Gasteiger partial charge in [-0.15, -0.1) is 0 Å². The number of aromatic nitrogens is 2. The Morgan fingerprint density at radius 3 is 2.76 bits per heavy atom. The lowest BCUT2D eigenvalue weighted by molar-refractivity contribution is -0.127. The molecule has 2 atom stereocenters. The fourth-order valence-corrected chi connectivity index (χ4v) is 3.16. The molecular weight excluding hydrogens is 218 g/mol. The Morgan fingerprint density at radius 1 is 1.35 bits per heavy atom. The van der Waals surface area contributed by atoms with E-state index in [1.165, 1.54) is 12.7 Å². The van der Waals surface area contributed by atoms with Gasteiger partial charge in [-0.25, -0.2) is 0 Å². The van der Waals surface area contributed by atoms with Crippen molar-refractivity contribution in [1.82, 2.24) is 15.0 Å². The Kier molecular flexibility index (Phi) is 2.93. The number of hydrogen-bond acceptors (Lipinski definition) is 5. The van der Waals surface area contributed by atoms with Gasteiger partial charge in [0.2, 0.25) is 5.89 Å². The lowest BCUT2D eigenvalue weighted by Gasteiger charge is -2.45. The number of carbonyl (C=O) groups excluding carboxylic acids is 1. The molecule has 3 heterocycles. The molecule has 0 radical (unpaired) electrons. The molecule has 2 aliphatic rings. The summed E-state index contributed by atoms with van der Waals surface area (Å²) < 4.78 is 5.01. The molecule has 17 heavy (non-hydrogen) atoms. The van der Waals surface area contributed by atoms with Crippen molar-refractivity contribution < 1.29 is 9.32 Å². The van der Waals surface area contributed by atoms with Gasteiger partial charge >= 0.3 is 0 Å². The first-order valence-corrected chi connectivity index (χ1v) is 6.36. The number of fused-ring (bicyclic) bond motifs is 2. The zero-order valence-electron chi connectivity index (χ0n) is 9.84. The largest absolute Gasteiger partial charge is 0.340 e. The third-order valence-electron chi connectivity index (χ3n) is 3.93. The van der Waals surface area contributed by atoms with E-state index in [4.69, 9.17) is 4.52 Å². The van der Waals surface area contributed by atoms with E-state index in [2.05, 4.69) is 15.0 Å². The van der Waals surface area contributed by atoms with E-state index < -0.39 is 0 Å². The number of ketones is 1. The molecule has 0 spiro atoms. The Labute approximate surface area is 100 Å². The minimum absolute atomic E-state index is 0.439. The maximum absolute atomic E-state index is 11.6. The van der Waals surface area contributed by atoms with Crippen molar-refractivity contribution in [3.63, 3.8) is 0 Å². The van der Waals surface area contributed by atoms with Gasteiger partial charge in [0.25, 0.3) is 0 Å². The number of piperidine rings is 2. The van der Waals surface area contributed by atoms with E-state index in [1.54, 1.807) is 0 Å². The highest BCUT2D eigenvalue weighted by Crippen LogP contribution is 2.32. The third-order valence-corrected chi connectivity index (χ3v) is 3.93. The van der Waals surface area contributed by atoms with Crippen LogP contribution in [-0.2, 0) is 11.2 Å². The van der Waals surface area contributed by atoms with Gasteiger partial charge in [-0.3, -0.25) is 9.69 Å². The van der Waals surface area contributed by atoms with Crippen LogP contribution < -0.4 is 0 Å². The zero-order valence-corrected chi connectivity index (χ0v) is 9.84. The second-order valence-corrected chi connectivity index (χ2v) is 5.01. The molecule has 3 rings (SSSR count). The summed E-state index contributed by atoms with van der Waals surface area (Å²) in [4.78, 5) is 18.1. The predicted octanol–water partition coefficient (Wildman–Crippen LogP) is 1.20. The molecule has 0 aromatic carbocycles. The smallest absolute Gasteiger partial charge is 0.227 e. The molecule has 2 aliphatic heterocycles. The molecule has 0 N–H and O–H groups in total. The Morgan fingerprint density at radius 2 is 2.12 bits per heavy atom. The van der Waals surface area contributed by atoms with Crippen LogP contribution in [0.3, 0.4) is 0 Å². The highest BCUT2D eigenvalue weighted by Gasteiger charge is 2.37. The second-order valence-electron chi connectivity index (χ2n) is 5.01. The predicted molar refractivity (Wildman–Crippen MR) is 60.4 cm³/mol. The van der Waals surface area contributed by atoms with Crippen LogP contribution in [0, 0.1) is 0 Å². The summed E-state index contributed by atoms with van der Waals surface area (Å²) >= 11 is 0. The standard InChI is InChI=1S/C12H17N3O2/c16-11-6-9-2-1-3-10(7-11)15(9)5-4-12-13-8-14-17-12/h8-10H,1-7H2. The van der Waals surface area contributed by atoms with Crippen LogP contribution in [0.25, 0.3) is 0 Å². The zero-order chi connectivity index (χ0) is 11.7. The molecule has 1 aromatic heterocycles. The van der Waals surface area contributed by atoms with Gasteiger partial charge in [-0.1, -0.05) is 11.6 Å². The van der Waals surface area contributed by atoms with Gasteiger partial charge < -0.3 is 4.52 Å². The first-order chi connectivity index (χ1) is 8.33. The molecule has 2 saturated heterocycles. The molecule has 2 bridgehead atoms. The third kappa shape index (κ3) is 2.24. The maximum Gasteiger partial charge on any atom is 0.227 e. The summed E-state index contributed by atoms with van der Waals surface area (Å²) in [5.74, 6) is 1.13. The van der Waals surface area contributed by atoms with Crippen LogP contribution in [0.5, 0.6) is 0 Å². The summed E-state index contributed by atoms with van der Waals surface area (Å²) in [5, 5.41) is 3.61. The summed E-state index contributed by atoms with van der Waals surface area (Å²) in [6.45, 7) is 0.935. The summed E-state index contributed by atoms with van der Waals surface area (Å²) in [6.07, 6.45) is 7.29. The van der Waals surface area contributed by atoms with Gasteiger partial charge in [0.15, 0.2) is 6.33 Å². The van der Waals surface area contributed by atoms with Crippen molar-refractivity contribution in [2.75, 3.05) is 6.54 Å². The molecule has 2 fully saturated rings. The minimum Gasteiger partial charge on any atom is -0.340 e. The van der Waals surface area contributed by atoms with Crippen LogP contribution in [0.15, 0.2) is 10.9 Å². The van der Waals surface area contributed by atoms with Crippen LogP contribution >= 0.6 is 0 Å². The number of rotatable bonds is 3. The Hall–Kier alpha value is -1.23. The number of carbonyl (C=O) groups is 1. The van der Waals surface area contributed by atoms with E-state index in [9.17, 15) is 4.79 Å². The van der Waals surface area contributed by atoms with Gasteiger partial charge in [-0.2, -0.15) is 4.98 Å². The van der Waals surface area contributed by atoms with Crippen LogP contribution in [0.4, 0.5) is 0 Å². The summed E-state index contributed by atoms with van der Waals surface area (Å²) in [6, 6.07) is 0.913. The van der Waals surface area contributed by atoms with Crippen molar-refractivity contribution in [2.45, 2.75) is 50.6 Å². The molecule has 2 unspecified atom stereocenters. The highest BCUT2D eigenvalue weighted by molar-refractivity contribution is 5.80. The van der Waals surface area contributed by atoms with Crippen LogP contribution in [0.1, 0.15) is 38.0 Å². The number of nitrogens with zero attached hydrogens (tertiary/aromatic N) is 3. The molecule has 5 nitrogen and oxygen atoms in total. The summed E-state index contributed by atoms with van der Waals surface area (Å²) in [5.41, 5.74) is 0. The van der Waals surface area contributed by atoms with Crippen LogP contribution in [0.2, 0.25) is 0 Å². The first kappa shape index (κ1) is 10.9. The maximum atomic E-state index is 11.6. The molecule has 5 heteroatoms. The highest BCUT2D eigenvalue weighted by atomic mass is 16.5. The van der Waals surface area contributed by atoms with Gasteiger partial charge in [0.1, 0.15) is 5.78 Å². The van der Waals surface area contributed by atoms with Crippen molar-refractivity contribution in [3.8, 4) is 0 Å². The molecule has 92 valence electrons. The van der Waals surface area contributed by atoms with Crippen LogP contribution in [-0.4, -0.2) is 39.5 Å². The fourth-order valence-electron chi connectivity index (χ4n) is 3.16. The van der Waals surface area contributed by atoms with E-state index in [0.29, 0.717) is 23.8 Å². The van der Waals surface area contributed by atoms with E-state index in [0.717, 1.165) is 38.6 Å². The first-order valence-electron chi connectivity index (χ1n) is 6.36. The van der Waals surface area contributed by atoms with Gasteiger partial charge in [-0.05, 0) is 12.8 Å². The fraction of sp³-hybridized carbons (Fsp3) is 0.750. The molecule has 0 saturated carbocycles. The topological polar surface area (TPSA) is 59.2 Å². The quantitative estimate of drug-likeness (QED) is 0.787. The molecular formula is C12H17N3O2. The van der Waals surface area contributed by atoms with E-state index in [-0.39, 0.29) is 0 Å². The molecule has 0 amide bonds. The van der Waals surface area contributed by atoms with E-state index >= 15 is 0 Å². The van der Waals surface area contributed by atoms with Gasteiger partial charge in [0.05, 0.1) is 0 Å². The number of Topliss-reactive ketones (excluding diaryl/α,β-unsaturated/α-hetero) is 1. The Balaban J connectivity index is 1.64. The Bertz CT molecular complexity index is 374. The van der Waals surface area contributed by atoms with Crippen molar-refractivity contribution in [1.29, 1.82) is 0 Å².